The normalized spacial score (nSPS) is 9.93. The average Bonchev–Trinajstić information content (AvgIpc) is 2.01. The number of carbonyl (C=O) groups is 1. The molecule has 0 amide bonds. The number of halogens is 3. The number of nitrogens with zero attached hydrogens (tertiary/aromatic N) is 1. The van der Waals surface area contributed by atoms with Gasteiger partial charge >= 0.3 is 0 Å². The van der Waals surface area contributed by atoms with Gasteiger partial charge in [0.1, 0.15) is 17.2 Å². The van der Waals surface area contributed by atoms with Gasteiger partial charge in [0.15, 0.2) is 0 Å². The van der Waals surface area contributed by atoms with E-state index < -0.39 is 33.1 Å². The van der Waals surface area contributed by atoms with E-state index in [2.05, 4.69) is 0 Å². The third kappa shape index (κ3) is 1.85. The lowest BCUT2D eigenvalue weighted by Crippen LogP contribution is -2.01. The minimum Gasteiger partial charge on any atom is -0.275 e. The maximum atomic E-state index is 12.9. The number of carbonyl (C=O) groups excluding carboxylic acids is 1. The van der Waals surface area contributed by atoms with E-state index in [1.807, 2.05) is 0 Å². The Morgan fingerprint density at radius 3 is 2.07 bits per heavy atom. The summed E-state index contributed by atoms with van der Waals surface area (Å²) >= 11 is 4.86. The molecule has 0 heterocycles. The molecule has 0 spiro atoms. The van der Waals surface area contributed by atoms with Crippen LogP contribution in [-0.2, 0) is 0 Å². The number of hydrogen-bond acceptors (Lipinski definition) is 3. The summed E-state index contributed by atoms with van der Waals surface area (Å²) in [6, 6.07) is 0.859. The monoisotopic (exact) mass is 221 g/mol. The Balaban J connectivity index is 3.39. The van der Waals surface area contributed by atoms with Crippen molar-refractivity contribution in [3.8, 4) is 0 Å². The predicted molar refractivity (Wildman–Crippen MR) is 43.2 cm³/mol. The van der Waals surface area contributed by atoms with Gasteiger partial charge in [-0.3, -0.25) is 14.9 Å². The highest BCUT2D eigenvalue weighted by atomic mass is 35.5. The maximum Gasteiger partial charge on any atom is 0.275 e. The standard InChI is InChI=1S/C7H2ClF2NO3/c8-7(12)6-4(9)1-3(11(13)14)2-5(6)10/h1-2H. The van der Waals surface area contributed by atoms with Gasteiger partial charge in [-0.1, -0.05) is 0 Å². The Labute approximate surface area is 81.2 Å². The van der Waals surface area contributed by atoms with Crippen molar-refractivity contribution in [1.82, 2.24) is 0 Å². The summed E-state index contributed by atoms with van der Waals surface area (Å²) in [6.45, 7) is 0. The van der Waals surface area contributed by atoms with E-state index in [0.29, 0.717) is 12.1 Å². The highest BCUT2D eigenvalue weighted by Crippen LogP contribution is 2.21. The lowest BCUT2D eigenvalue weighted by molar-refractivity contribution is -0.385. The van der Waals surface area contributed by atoms with Crippen molar-refractivity contribution in [2.75, 3.05) is 0 Å². The van der Waals surface area contributed by atoms with Gasteiger partial charge < -0.3 is 0 Å². The van der Waals surface area contributed by atoms with E-state index in [1.54, 1.807) is 0 Å². The molecule has 0 atom stereocenters. The van der Waals surface area contributed by atoms with Gasteiger partial charge in [-0.05, 0) is 11.6 Å². The summed E-state index contributed by atoms with van der Waals surface area (Å²) in [4.78, 5) is 19.6. The number of nitro benzene ring substituents is 1. The molecule has 0 bridgehead atoms. The number of non-ortho nitro benzene ring substituents is 1. The first-order valence-corrected chi connectivity index (χ1v) is 3.64. The summed E-state index contributed by atoms with van der Waals surface area (Å²) in [6.07, 6.45) is 0. The molecule has 0 unspecified atom stereocenters. The maximum absolute atomic E-state index is 12.9. The van der Waals surface area contributed by atoms with Gasteiger partial charge in [0, 0.05) is 0 Å². The zero-order valence-corrected chi connectivity index (χ0v) is 7.22. The molecule has 0 saturated heterocycles. The summed E-state index contributed by atoms with van der Waals surface area (Å²) in [5.41, 5.74) is -1.76. The molecule has 0 saturated carbocycles. The summed E-state index contributed by atoms with van der Waals surface area (Å²) in [7, 11) is 0. The Hall–Kier alpha value is -1.56. The second kappa shape index (κ2) is 3.67. The first-order chi connectivity index (χ1) is 6.43. The molecule has 1 aromatic carbocycles. The molecular formula is C7H2ClF2NO3. The number of rotatable bonds is 2. The average molecular weight is 222 g/mol. The minimum absolute atomic E-state index is 0.429. The van der Waals surface area contributed by atoms with Crippen molar-refractivity contribution in [3.05, 3.63) is 39.4 Å². The molecule has 7 heteroatoms. The quantitative estimate of drug-likeness (QED) is 0.437. The summed E-state index contributed by atoms with van der Waals surface area (Å²) < 4.78 is 25.7. The molecule has 0 aliphatic carbocycles. The molecule has 1 rings (SSSR count). The zero-order valence-electron chi connectivity index (χ0n) is 6.46. The molecule has 0 aliphatic heterocycles. The molecule has 0 N–H and O–H groups in total. The first-order valence-electron chi connectivity index (χ1n) is 3.26. The topological polar surface area (TPSA) is 60.2 Å². The van der Waals surface area contributed by atoms with Crippen molar-refractivity contribution < 1.29 is 18.5 Å². The Morgan fingerprint density at radius 2 is 1.79 bits per heavy atom. The molecule has 0 radical (unpaired) electrons. The second-order valence-electron chi connectivity index (χ2n) is 2.32. The van der Waals surface area contributed by atoms with Crippen LogP contribution in [0.5, 0.6) is 0 Å². The Kier molecular flexibility index (Phi) is 2.76. The van der Waals surface area contributed by atoms with E-state index in [9.17, 15) is 23.7 Å². The van der Waals surface area contributed by atoms with E-state index in [4.69, 9.17) is 11.6 Å². The van der Waals surface area contributed by atoms with Crippen LogP contribution in [0.2, 0.25) is 0 Å². The number of benzene rings is 1. The van der Waals surface area contributed by atoms with Gasteiger partial charge in [-0.15, -0.1) is 0 Å². The summed E-state index contributed by atoms with van der Waals surface area (Å²) in [5.74, 6) is -2.70. The van der Waals surface area contributed by atoms with Crippen LogP contribution in [0.25, 0.3) is 0 Å². The molecule has 14 heavy (non-hydrogen) atoms. The van der Waals surface area contributed by atoms with Crippen LogP contribution < -0.4 is 0 Å². The molecule has 1 aromatic rings. The fraction of sp³-hybridized carbons (Fsp3) is 0. The van der Waals surface area contributed by atoms with E-state index in [1.165, 1.54) is 0 Å². The smallest absolute Gasteiger partial charge is 0.275 e. The Bertz CT molecular complexity index is 398. The largest absolute Gasteiger partial charge is 0.275 e. The van der Waals surface area contributed by atoms with Gasteiger partial charge in [0.05, 0.1) is 17.1 Å². The van der Waals surface area contributed by atoms with Crippen LogP contribution in [0.3, 0.4) is 0 Å². The molecule has 74 valence electrons. The van der Waals surface area contributed by atoms with E-state index >= 15 is 0 Å². The van der Waals surface area contributed by atoms with Gasteiger partial charge in [-0.25, -0.2) is 8.78 Å². The molecule has 0 aromatic heterocycles. The van der Waals surface area contributed by atoms with E-state index in [-0.39, 0.29) is 0 Å². The summed E-state index contributed by atoms with van der Waals surface area (Å²) in [5, 5.41) is 8.80. The zero-order chi connectivity index (χ0) is 10.9. The Morgan fingerprint density at radius 1 is 1.36 bits per heavy atom. The third-order valence-electron chi connectivity index (χ3n) is 1.43. The predicted octanol–water partition coefficient (Wildman–Crippen LogP) is 2.25. The molecule has 0 aliphatic rings. The first kappa shape index (κ1) is 10.5. The van der Waals surface area contributed by atoms with Gasteiger partial charge in [-0.2, -0.15) is 0 Å². The lowest BCUT2D eigenvalue weighted by Gasteiger charge is -1.98. The van der Waals surface area contributed by atoms with Crippen LogP contribution >= 0.6 is 11.6 Å². The van der Waals surface area contributed by atoms with Crippen LogP contribution in [0, 0.1) is 21.7 Å². The van der Waals surface area contributed by atoms with Crippen molar-refractivity contribution >= 4 is 22.5 Å². The fourth-order valence-corrected chi connectivity index (χ4v) is 1.03. The van der Waals surface area contributed by atoms with Crippen LogP contribution in [0.1, 0.15) is 10.4 Å². The number of nitro groups is 1. The van der Waals surface area contributed by atoms with Gasteiger partial charge in [0.2, 0.25) is 0 Å². The van der Waals surface area contributed by atoms with Crippen molar-refractivity contribution in [2.45, 2.75) is 0 Å². The van der Waals surface area contributed by atoms with Crippen LogP contribution in [0.15, 0.2) is 12.1 Å². The highest BCUT2D eigenvalue weighted by Gasteiger charge is 2.20. The molecule has 0 fully saturated rings. The fourth-order valence-electron chi connectivity index (χ4n) is 0.853. The molecule has 4 nitrogen and oxygen atoms in total. The second-order valence-corrected chi connectivity index (χ2v) is 2.66. The SMILES string of the molecule is O=C(Cl)c1c(F)cc([N+](=O)[O-])cc1F. The van der Waals surface area contributed by atoms with Crippen molar-refractivity contribution in [3.63, 3.8) is 0 Å². The van der Waals surface area contributed by atoms with Crippen molar-refractivity contribution in [1.29, 1.82) is 0 Å². The third-order valence-corrected chi connectivity index (χ3v) is 1.62. The van der Waals surface area contributed by atoms with E-state index in [0.717, 1.165) is 0 Å². The molecular weight excluding hydrogens is 220 g/mol. The van der Waals surface area contributed by atoms with Crippen LogP contribution in [0.4, 0.5) is 14.5 Å². The van der Waals surface area contributed by atoms with Crippen LogP contribution in [-0.4, -0.2) is 10.2 Å². The lowest BCUT2D eigenvalue weighted by atomic mass is 10.2. The minimum atomic E-state index is -1.35. The highest BCUT2D eigenvalue weighted by molar-refractivity contribution is 6.67. The van der Waals surface area contributed by atoms with Gasteiger partial charge in [0.25, 0.3) is 10.9 Å². The van der Waals surface area contributed by atoms with Crippen molar-refractivity contribution in [2.24, 2.45) is 0 Å². The number of hydrogen-bond donors (Lipinski definition) is 0.